The van der Waals surface area contributed by atoms with Crippen LogP contribution in [0.1, 0.15) is 51.7 Å². The van der Waals surface area contributed by atoms with Crippen LogP contribution < -0.4 is 52.1 Å². The zero-order valence-corrected chi connectivity index (χ0v) is 56.0. The van der Waals surface area contributed by atoms with Crippen molar-refractivity contribution >= 4 is 124 Å². The molecule has 0 radical (unpaired) electrons. The highest BCUT2D eigenvalue weighted by Crippen LogP contribution is 2.53. The first-order valence-corrected chi connectivity index (χ1v) is 35.2. The summed E-state index contributed by atoms with van der Waals surface area (Å²) in [6.45, 7) is 9.46. The Hall–Kier alpha value is -12.0. The van der Waals surface area contributed by atoms with Crippen molar-refractivity contribution in [2.24, 2.45) is 0 Å². The van der Waals surface area contributed by atoms with E-state index in [1.165, 1.54) is 71.2 Å². The lowest BCUT2D eigenvalue weighted by Crippen LogP contribution is -2.61. The summed E-state index contributed by atoms with van der Waals surface area (Å²) >= 11 is 0. The molecule has 472 valence electrons. The number of aromatic nitrogens is 2. The molecule has 0 fully saturated rings. The predicted molar refractivity (Wildman–Crippen MR) is 418 cm³/mol. The third-order valence-corrected chi connectivity index (χ3v) is 22.9. The van der Waals surface area contributed by atoms with E-state index in [9.17, 15) is 0 Å². The molecule has 0 atom stereocenters. The molecule has 16 aromatic rings. The molecule has 0 spiro atoms. The number of benzene rings is 14. The SMILES string of the molecule is CC1(C)CCC(C)(C)c2c(-c3ccc(N4c5cc(-n6c7ccccc7c7ccccc76)ccc5B5c6ccc(-n7c8ccccc8c8ccccc87)cc6N(c6ccccc6-c6ccccc6)c6cc(-c7cc8c9c(c7)Oc7ccccc7B9c7ccccc7O8)cc4c65)cc3)cccc21. The van der Waals surface area contributed by atoms with Crippen LogP contribution in [-0.4, -0.2) is 22.6 Å². The van der Waals surface area contributed by atoms with Crippen molar-refractivity contribution in [2.45, 2.75) is 51.4 Å². The Kier molecular flexibility index (Phi) is 12.1. The first-order valence-electron chi connectivity index (χ1n) is 35.2. The van der Waals surface area contributed by atoms with Gasteiger partial charge in [0.25, 0.3) is 13.4 Å². The average molecular weight is 1280 g/mol. The Morgan fingerprint density at radius 1 is 0.290 bits per heavy atom. The minimum absolute atomic E-state index is 0.00803. The molecule has 4 aliphatic heterocycles. The van der Waals surface area contributed by atoms with Gasteiger partial charge in [-0.2, -0.15) is 0 Å². The van der Waals surface area contributed by atoms with Crippen LogP contribution in [0, 0.1) is 0 Å². The summed E-state index contributed by atoms with van der Waals surface area (Å²) < 4.78 is 19.3. The molecular weight excluding hydrogens is 1210 g/mol. The molecule has 0 saturated heterocycles. The van der Waals surface area contributed by atoms with Crippen molar-refractivity contribution in [3.05, 3.63) is 314 Å². The second kappa shape index (κ2) is 21.3. The molecule has 6 heterocycles. The molecule has 0 unspecified atom stereocenters. The number of nitrogens with zero attached hydrogens (tertiary/aromatic N) is 4. The molecule has 5 aliphatic rings. The van der Waals surface area contributed by atoms with E-state index in [1.54, 1.807) is 0 Å². The molecule has 8 heteroatoms. The fraction of sp³-hybridized carbons (Fsp3) is 0.0870. The van der Waals surface area contributed by atoms with Crippen LogP contribution in [0.2, 0.25) is 0 Å². The van der Waals surface area contributed by atoms with Gasteiger partial charge in [0.2, 0.25) is 0 Å². The number of fused-ring (bicyclic) bond motifs is 15. The molecule has 6 nitrogen and oxygen atoms in total. The summed E-state index contributed by atoms with van der Waals surface area (Å²) in [6.07, 6.45) is 2.29. The van der Waals surface area contributed by atoms with E-state index in [2.05, 4.69) is 350 Å². The van der Waals surface area contributed by atoms with E-state index >= 15 is 0 Å². The van der Waals surface area contributed by atoms with Crippen LogP contribution in [0.25, 0.3) is 88.4 Å². The van der Waals surface area contributed by atoms with Crippen molar-refractivity contribution in [1.82, 2.24) is 9.13 Å². The van der Waals surface area contributed by atoms with Gasteiger partial charge in [0.05, 0.1) is 27.8 Å². The van der Waals surface area contributed by atoms with Crippen LogP contribution in [0.3, 0.4) is 0 Å². The molecule has 0 bridgehead atoms. The number of hydrogen-bond acceptors (Lipinski definition) is 4. The number of para-hydroxylation sites is 7. The van der Waals surface area contributed by atoms with E-state index in [1.807, 2.05) is 0 Å². The lowest BCUT2D eigenvalue weighted by atomic mass is 9.33. The smallest absolute Gasteiger partial charge is 0.260 e. The summed E-state index contributed by atoms with van der Waals surface area (Å²) in [5.41, 5.74) is 30.2. The van der Waals surface area contributed by atoms with Crippen LogP contribution >= 0.6 is 0 Å². The molecule has 0 amide bonds. The fourth-order valence-electron chi connectivity index (χ4n) is 18.2. The quantitative estimate of drug-likeness (QED) is 0.149. The topological polar surface area (TPSA) is 34.8 Å². The van der Waals surface area contributed by atoms with Crippen LogP contribution in [-0.2, 0) is 10.8 Å². The van der Waals surface area contributed by atoms with Crippen molar-refractivity contribution in [1.29, 1.82) is 0 Å². The van der Waals surface area contributed by atoms with Crippen LogP contribution in [0.5, 0.6) is 23.0 Å². The highest BCUT2D eigenvalue weighted by molar-refractivity contribution is 7.00. The molecular formula is C92H66B2N4O2. The minimum atomic E-state index is -0.217. The Balaban J connectivity index is 0.872. The first-order chi connectivity index (χ1) is 49.1. The van der Waals surface area contributed by atoms with Gasteiger partial charge < -0.3 is 28.4 Å². The predicted octanol–water partition coefficient (Wildman–Crippen LogP) is 20.0. The average Bonchev–Trinajstić information content (AvgIpc) is 1.15. The number of hydrogen-bond donors (Lipinski definition) is 0. The molecule has 21 rings (SSSR count). The van der Waals surface area contributed by atoms with E-state index in [0.29, 0.717) is 0 Å². The lowest BCUT2D eigenvalue weighted by molar-refractivity contribution is 0.333. The Morgan fingerprint density at radius 3 is 1.31 bits per heavy atom. The molecule has 0 N–H and O–H groups in total. The maximum Gasteiger partial charge on any atom is 0.260 e. The van der Waals surface area contributed by atoms with Crippen LogP contribution in [0.15, 0.2) is 303 Å². The van der Waals surface area contributed by atoms with Gasteiger partial charge in [-0.25, -0.2) is 0 Å². The van der Waals surface area contributed by atoms with Gasteiger partial charge in [0.1, 0.15) is 23.0 Å². The number of rotatable bonds is 7. The third kappa shape index (κ3) is 8.28. The van der Waals surface area contributed by atoms with E-state index in [-0.39, 0.29) is 24.3 Å². The van der Waals surface area contributed by atoms with E-state index in [0.717, 1.165) is 131 Å². The van der Waals surface area contributed by atoms with Crippen molar-refractivity contribution in [2.75, 3.05) is 9.80 Å². The number of anilines is 6. The van der Waals surface area contributed by atoms with Gasteiger partial charge in [0, 0.05) is 72.4 Å². The molecule has 14 aromatic carbocycles. The summed E-state index contributed by atoms with van der Waals surface area (Å²) in [5.74, 6) is 3.31. The monoisotopic (exact) mass is 1280 g/mol. The highest BCUT2D eigenvalue weighted by atomic mass is 16.5. The van der Waals surface area contributed by atoms with E-state index in [4.69, 9.17) is 9.47 Å². The Morgan fingerprint density at radius 2 is 0.730 bits per heavy atom. The maximum absolute atomic E-state index is 7.16. The summed E-state index contributed by atoms with van der Waals surface area (Å²) in [7, 11) is 0. The van der Waals surface area contributed by atoms with Gasteiger partial charge in [-0.3, -0.25) is 0 Å². The van der Waals surface area contributed by atoms with E-state index < -0.39 is 0 Å². The van der Waals surface area contributed by atoms with Gasteiger partial charge in [0.15, 0.2) is 0 Å². The Bertz CT molecular complexity index is 5980. The Labute approximate surface area is 582 Å². The van der Waals surface area contributed by atoms with Gasteiger partial charge in [-0.1, -0.05) is 228 Å². The summed E-state index contributed by atoms with van der Waals surface area (Å²) in [6, 6.07) is 113. The highest BCUT2D eigenvalue weighted by Gasteiger charge is 2.46. The molecule has 100 heavy (non-hydrogen) atoms. The normalized spacial score (nSPS) is 14.8. The van der Waals surface area contributed by atoms with Gasteiger partial charge in [-0.15, -0.1) is 0 Å². The molecule has 0 saturated carbocycles. The summed E-state index contributed by atoms with van der Waals surface area (Å²) in [4.78, 5) is 5.20. The second-order valence-electron chi connectivity index (χ2n) is 29.3. The zero-order valence-electron chi connectivity index (χ0n) is 56.0. The lowest BCUT2D eigenvalue weighted by Gasteiger charge is -2.45. The number of ether oxygens (including phenoxy) is 2. The van der Waals surface area contributed by atoms with Gasteiger partial charge in [-0.05, 0) is 193 Å². The maximum atomic E-state index is 7.16. The molecule has 2 aromatic heterocycles. The summed E-state index contributed by atoms with van der Waals surface area (Å²) in [5, 5.41) is 4.90. The minimum Gasteiger partial charge on any atom is -0.458 e. The largest absolute Gasteiger partial charge is 0.458 e. The van der Waals surface area contributed by atoms with Crippen LogP contribution in [0.4, 0.5) is 34.1 Å². The third-order valence-electron chi connectivity index (χ3n) is 22.9. The zero-order chi connectivity index (χ0) is 66.3. The van der Waals surface area contributed by atoms with Crippen molar-refractivity contribution in [3.63, 3.8) is 0 Å². The molecule has 1 aliphatic carbocycles. The standard InChI is InChI=1S/C92H66B2N4O2/c1-91(2)49-50-92(3,4)88-65(30-22-31-70(88)91)58-41-43-61(44-42-58)95-80-55-62(96-76-35-16-9-26-66(76)67-27-10-17-36-77(67)96)45-47-71(80)93-72-48-46-63(97-78-37-18-11-28-68(78)69-29-12-19-38-79(69)97)56-81(72)98(75-34-15-8-25-64(75)57-23-6-5-7-24-57)83-52-59(51-82(95)89(83)93)60-53-86-90-87(54-60)100-85-40-21-14-33-74(85)94(90)73-32-13-20-39-84(73)99-86/h5-48,51-56H,49-50H2,1-4H3. The van der Waals surface area contributed by atoms with Crippen molar-refractivity contribution in [3.8, 4) is 67.8 Å². The fourth-order valence-corrected chi connectivity index (χ4v) is 18.2. The first kappa shape index (κ1) is 57.1. The van der Waals surface area contributed by atoms with Crippen molar-refractivity contribution < 1.29 is 9.47 Å². The second-order valence-corrected chi connectivity index (χ2v) is 29.3. The van der Waals surface area contributed by atoms with Gasteiger partial charge >= 0.3 is 0 Å².